The second-order valence-electron chi connectivity index (χ2n) is 7.28. The Morgan fingerprint density at radius 3 is 2.77 bits per heavy atom. The standard InChI is InChI=1S/C19H23N5O2/c1-2-24-18(21-22-23-24)14-7-4-8-16(11-14)20-19(26)15-9-12-5-3-6-13(10-15)17(12)25/h4,7-8,11-13,15H,2-3,5-6,9-10H2,1H3,(H,20,26). The lowest BCUT2D eigenvalue weighted by molar-refractivity contribution is -0.136. The fourth-order valence-electron chi connectivity index (χ4n) is 4.30. The number of carbonyl (C=O) groups excluding carboxylic acids is 2. The van der Waals surface area contributed by atoms with Crippen LogP contribution < -0.4 is 5.32 Å². The van der Waals surface area contributed by atoms with Gasteiger partial charge in [-0.3, -0.25) is 9.59 Å². The highest BCUT2D eigenvalue weighted by Crippen LogP contribution is 2.40. The van der Waals surface area contributed by atoms with Crippen molar-refractivity contribution < 1.29 is 9.59 Å². The third-order valence-corrected chi connectivity index (χ3v) is 5.64. The molecule has 26 heavy (non-hydrogen) atoms. The van der Waals surface area contributed by atoms with E-state index in [9.17, 15) is 9.59 Å². The van der Waals surface area contributed by atoms with Crippen molar-refractivity contribution in [3.05, 3.63) is 24.3 Å². The Kier molecular flexibility index (Phi) is 4.53. The lowest BCUT2D eigenvalue weighted by atomic mass is 9.67. The normalized spacial score (nSPS) is 25.1. The fourth-order valence-corrected chi connectivity index (χ4v) is 4.30. The van der Waals surface area contributed by atoms with E-state index >= 15 is 0 Å². The van der Waals surface area contributed by atoms with Gasteiger partial charge in [0, 0.05) is 35.5 Å². The molecule has 2 saturated carbocycles. The Labute approximate surface area is 152 Å². The Hall–Kier alpha value is -2.57. The maximum atomic E-state index is 12.8. The third kappa shape index (κ3) is 3.13. The van der Waals surface area contributed by atoms with Crippen LogP contribution in [0.15, 0.2) is 24.3 Å². The fraction of sp³-hybridized carbons (Fsp3) is 0.526. The van der Waals surface area contributed by atoms with Gasteiger partial charge in [0.1, 0.15) is 5.78 Å². The minimum Gasteiger partial charge on any atom is -0.326 e. The molecule has 2 aliphatic carbocycles. The molecule has 1 heterocycles. The second-order valence-corrected chi connectivity index (χ2v) is 7.28. The van der Waals surface area contributed by atoms with Crippen LogP contribution in [0, 0.1) is 17.8 Å². The van der Waals surface area contributed by atoms with Gasteiger partial charge in [-0.25, -0.2) is 4.68 Å². The Bertz CT molecular complexity index is 815. The topological polar surface area (TPSA) is 89.8 Å². The lowest BCUT2D eigenvalue weighted by Crippen LogP contribution is -2.40. The highest BCUT2D eigenvalue weighted by molar-refractivity contribution is 5.95. The van der Waals surface area contributed by atoms with Crippen LogP contribution in [0.1, 0.15) is 39.0 Å². The number of hydrogen-bond acceptors (Lipinski definition) is 5. The number of anilines is 1. The molecule has 1 N–H and O–H groups in total. The second kappa shape index (κ2) is 6.97. The summed E-state index contributed by atoms with van der Waals surface area (Å²) in [5.41, 5.74) is 1.60. The summed E-state index contributed by atoms with van der Waals surface area (Å²) in [6.07, 6.45) is 4.37. The van der Waals surface area contributed by atoms with Crippen LogP contribution in [0.2, 0.25) is 0 Å². The minimum atomic E-state index is -0.0763. The van der Waals surface area contributed by atoms with Crippen LogP contribution in [-0.4, -0.2) is 31.9 Å². The average molecular weight is 353 g/mol. The van der Waals surface area contributed by atoms with Gasteiger partial charge in [-0.1, -0.05) is 18.6 Å². The molecule has 1 amide bonds. The molecule has 2 bridgehead atoms. The first-order valence-electron chi connectivity index (χ1n) is 9.37. The molecular formula is C19H23N5O2. The Balaban J connectivity index is 1.48. The maximum absolute atomic E-state index is 12.8. The summed E-state index contributed by atoms with van der Waals surface area (Å²) >= 11 is 0. The molecule has 136 valence electrons. The number of aromatic nitrogens is 4. The van der Waals surface area contributed by atoms with Crippen molar-refractivity contribution in [3.63, 3.8) is 0 Å². The molecule has 2 atom stereocenters. The number of carbonyl (C=O) groups is 2. The van der Waals surface area contributed by atoms with E-state index in [0.717, 1.165) is 30.5 Å². The molecule has 7 heteroatoms. The van der Waals surface area contributed by atoms with Crippen molar-refractivity contribution in [1.82, 2.24) is 20.2 Å². The van der Waals surface area contributed by atoms with E-state index in [1.165, 1.54) is 0 Å². The van der Waals surface area contributed by atoms with Crippen LogP contribution in [0.25, 0.3) is 11.4 Å². The number of nitrogens with one attached hydrogen (secondary N) is 1. The SMILES string of the molecule is CCn1nnnc1-c1cccc(NC(=O)C2CC3CCCC(C2)C3=O)c1. The molecule has 1 aromatic heterocycles. The van der Waals surface area contributed by atoms with Crippen LogP contribution in [0.5, 0.6) is 0 Å². The number of benzene rings is 1. The van der Waals surface area contributed by atoms with E-state index in [1.54, 1.807) is 4.68 Å². The number of fused-ring (bicyclic) bond motifs is 2. The summed E-state index contributed by atoms with van der Waals surface area (Å²) in [6, 6.07) is 7.58. The van der Waals surface area contributed by atoms with E-state index in [4.69, 9.17) is 0 Å². The number of tetrazole rings is 1. The zero-order chi connectivity index (χ0) is 18.1. The van der Waals surface area contributed by atoms with E-state index in [1.807, 2.05) is 31.2 Å². The van der Waals surface area contributed by atoms with Crippen molar-refractivity contribution in [2.45, 2.75) is 45.6 Å². The van der Waals surface area contributed by atoms with Gasteiger partial charge in [-0.2, -0.15) is 0 Å². The highest BCUT2D eigenvalue weighted by atomic mass is 16.2. The van der Waals surface area contributed by atoms with E-state index < -0.39 is 0 Å². The van der Waals surface area contributed by atoms with Crippen molar-refractivity contribution in [2.24, 2.45) is 17.8 Å². The molecule has 2 aromatic rings. The van der Waals surface area contributed by atoms with Gasteiger partial charge in [0.2, 0.25) is 5.91 Å². The van der Waals surface area contributed by atoms with E-state index in [-0.39, 0.29) is 23.7 Å². The first kappa shape index (κ1) is 16.9. The van der Waals surface area contributed by atoms with Crippen molar-refractivity contribution in [3.8, 4) is 11.4 Å². The molecule has 2 fully saturated rings. The minimum absolute atomic E-state index is 0.0154. The number of amides is 1. The zero-order valence-electron chi connectivity index (χ0n) is 14.9. The van der Waals surface area contributed by atoms with Crippen molar-refractivity contribution >= 4 is 17.4 Å². The molecular weight excluding hydrogens is 330 g/mol. The largest absolute Gasteiger partial charge is 0.326 e. The molecule has 0 aliphatic heterocycles. The summed E-state index contributed by atoms with van der Waals surface area (Å²) in [5.74, 6) is 1.17. The van der Waals surface area contributed by atoms with Gasteiger partial charge < -0.3 is 5.32 Å². The van der Waals surface area contributed by atoms with Gasteiger partial charge >= 0.3 is 0 Å². The quantitative estimate of drug-likeness (QED) is 0.913. The number of nitrogens with zero attached hydrogens (tertiary/aromatic N) is 4. The molecule has 0 radical (unpaired) electrons. The number of hydrogen-bond donors (Lipinski definition) is 1. The third-order valence-electron chi connectivity index (χ3n) is 5.64. The number of Topliss-reactive ketones (excluding diaryl/α,β-unsaturated/α-hetero) is 1. The van der Waals surface area contributed by atoms with Crippen LogP contribution in [-0.2, 0) is 16.1 Å². The predicted molar refractivity (Wildman–Crippen MR) is 96.1 cm³/mol. The summed E-state index contributed by atoms with van der Waals surface area (Å²) in [5, 5.41) is 14.8. The summed E-state index contributed by atoms with van der Waals surface area (Å²) in [4.78, 5) is 25.0. The van der Waals surface area contributed by atoms with Crippen molar-refractivity contribution in [1.29, 1.82) is 0 Å². The van der Waals surface area contributed by atoms with E-state index in [2.05, 4.69) is 20.8 Å². The van der Waals surface area contributed by atoms with Crippen LogP contribution in [0.4, 0.5) is 5.69 Å². The molecule has 2 unspecified atom stereocenters. The van der Waals surface area contributed by atoms with Crippen LogP contribution >= 0.6 is 0 Å². The zero-order valence-corrected chi connectivity index (χ0v) is 14.9. The Morgan fingerprint density at radius 1 is 1.27 bits per heavy atom. The van der Waals surface area contributed by atoms with Crippen LogP contribution in [0.3, 0.4) is 0 Å². The van der Waals surface area contributed by atoms with Crippen molar-refractivity contribution in [2.75, 3.05) is 5.32 Å². The lowest BCUT2D eigenvalue weighted by Gasteiger charge is -2.36. The Morgan fingerprint density at radius 2 is 2.04 bits per heavy atom. The predicted octanol–water partition coefficient (Wildman–Crippen LogP) is 2.69. The van der Waals surface area contributed by atoms with Gasteiger partial charge in [-0.15, -0.1) is 5.10 Å². The number of rotatable bonds is 4. The van der Waals surface area contributed by atoms with Gasteiger partial charge in [0.25, 0.3) is 0 Å². The smallest absolute Gasteiger partial charge is 0.227 e. The van der Waals surface area contributed by atoms with Gasteiger partial charge in [0.15, 0.2) is 5.82 Å². The number of ketones is 1. The number of aryl methyl sites for hydroxylation is 1. The molecule has 4 rings (SSSR count). The molecule has 0 saturated heterocycles. The van der Waals surface area contributed by atoms with Gasteiger partial charge in [0.05, 0.1) is 0 Å². The monoisotopic (exact) mass is 353 g/mol. The molecule has 1 aromatic carbocycles. The summed E-state index contributed by atoms with van der Waals surface area (Å²) in [7, 11) is 0. The summed E-state index contributed by atoms with van der Waals surface area (Å²) < 4.78 is 1.72. The maximum Gasteiger partial charge on any atom is 0.227 e. The average Bonchev–Trinajstić information content (AvgIpc) is 3.10. The molecule has 0 spiro atoms. The van der Waals surface area contributed by atoms with E-state index in [0.29, 0.717) is 31.0 Å². The molecule has 2 aliphatic rings. The first-order valence-corrected chi connectivity index (χ1v) is 9.37. The first-order chi connectivity index (χ1) is 12.7. The van der Waals surface area contributed by atoms with Gasteiger partial charge in [-0.05, 0) is 55.2 Å². The molecule has 7 nitrogen and oxygen atoms in total. The summed E-state index contributed by atoms with van der Waals surface area (Å²) in [6.45, 7) is 2.66. The highest BCUT2D eigenvalue weighted by Gasteiger charge is 2.41.